The monoisotopic (exact) mass is 292 g/mol. The number of rotatable bonds is 3. The van der Waals surface area contributed by atoms with Gasteiger partial charge in [0.05, 0.1) is 0 Å². The van der Waals surface area contributed by atoms with Crippen molar-refractivity contribution in [3.05, 3.63) is 0 Å². The van der Waals surface area contributed by atoms with Gasteiger partial charge in [-0.1, -0.05) is 20.8 Å². The van der Waals surface area contributed by atoms with Gasteiger partial charge in [-0.15, -0.1) is 0 Å². The van der Waals surface area contributed by atoms with Gasteiger partial charge >= 0.3 is 6.16 Å². The van der Waals surface area contributed by atoms with Crippen LogP contribution in [0.4, 0.5) is 4.79 Å². The summed E-state index contributed by atoms with van der Waals surface area (Å²) >= 11 is 5.11. The number of amides is 1. The van der Waals surface area contributed by atoms with Crippen molar-refractivity contribution in [2.45, 2.75) is 32.8 Å². The van der Waals surface area contributed by atoms with Gasteiger partial charge in [-0.2, -0.15) is 22.7 Å². The van der Waals surface area contributed by atoms with E-state index < -0.39 is 11.7 Å². The Morgan fingerprint density at radius 3 is 2.61 bits per heavy atom. The highest BCUT2D eigenvalue weighted by Crippen LogP contribution is 2.36. The van der Waals surface area contributed by atoms with E-state index in [4.69, 9.17) is 5.11 Å². The maximum Gasteiger partial charge on any atom is 0.508 e. The summed E-state index contributed by atoms with van der Waals surface area (Å²) in [6.07, 6.45) is -1.24. The number of thioether (sulfide) groups is 1. The molecule has 0 fully saturated rings. The Balaban J connectivity index is 2.88. The quantitative estimate of drug-likeness (QED) is 0.616. The molecule has 1 heterocycles. The van der Waals surface area contributed by atoms with Gasteiger partial charge in [-0.05, 0) is 17.5 Å². The molecule has 0 aromatic heterocycles. The van der Waals surface area contributed by atoms with Gasteiger partial charge in [0.15, 0.2) is 0 Å². The van der Waals surface area contributed by atoms with E-state index in [9.17, 15) is 9.59 Å². The number of ether oxygens (including phenoxy) is 1. The normalized spacial score (nSPS) is 19.7. The molecule has 1 aliphatic rings. The molecule has 0 bridgehead atoms. The van der Waals surface area contributed by atoms with E-state index in [0.29, 0.717) is 10.8 Å². The van der Waals surface area contributed by atoms with Crippen LogP contribution in [0.15, 0.2) is 5.10 Å². The van der Waals surface area contributed by atoms with Gasteiger partial charge in [0.2, 0.25) is 5.91 Å². The van der Waals surface area contributed by atoms with Gasteiger partial charge < -0.3 is 9.84 Å². The molecule has 0 radical (unpaired) electrons. The van der Waals surface area contributed by atoms with E-state index in [1.807, 2.05) is 20.8 Å². The molecule has 0 saturated heterocycles. The van der Waals surface area contributed by atoms with Crippen LogP contribution < -0.4 is 0 Å². The van der Waals surface area contributed by atoms with Crippen molar-refractivity contribution in [2.24, 2.45) is 10.5 Å². The zero-order valence-corrected chi connectivity index (χ0v) is 12.1. The Morgan fingerprint density at radius 1 is 1.56 bits per heavy atom. The molecule has 0 aliphatic carbocycles. The van der Waals surface area contributed by atoms with E-state index in [1.54, 1.807) is 0 Å². The molecule has 0 aromatic rings. The number of carbonyl (C=O) groups is 2. The minimum atomic E-state index is -1.43. The molecule has 6 nitrogen and oxygen atoms in total. The van der Waals surface area contributed by atoms with Crippen LogP contribution >= 0.6 is 24.4 Å². The van der Waals surface area contributed by atoms with Crippen molar-refractivity contribution < 1.29 is 19.4 Å². The first-order chi connectivity index (χ1) is 8.25. The first-order valence-electron chi connectivity index (χ1n) is 5.34. The van der Waals surface area contributed by atoms with Crippen LogP contribution in [0.2, 0.25) is 0 Å². The van der Waals surface area contributed by atoms with E-state index in [0.717, 1.165) is 16.8 Å². The van der Waals surface area contributed by atoms with E-state index in [2.05, 4.69) is 22.5 Å². The van der Waals surface area contributed by atoms with Crippen molar-refractivity contribution in [2.75, 3.05) is 5.75 Å². The zero-order chi connectivity index (χ0) is 13.9. The maximum atomic E-state index is 11.8. The molecule has 0 saturated carbocycles. The predicted molar refractivity (Wildman–Crippen MR) is 72.7 cm³/mol. The van der Waals surface area contributed by atoms with Crippen LogP contribution in [0.1, 0.15) is 27.2 Å². The van der Waals surface area contributed by atoms with Gasteiger partial charge in [0, 0.05) is 11.8 Å². The smallest absolute Gasteiger partial charge is 0.450 e. The third-order valence-electron chi connectivity index (χ3n) is 2.04. The average Bonchev–Trinajstić information content (AvgIpc) is 2.60. The van der Waals surface area contributed by atoms with Gasteiger partial charge in [0.25, 0.3) is 5.56 Å². The first-order valence-corrected chi connectivity index (χ1v) is 6.85. The summed E-state index contributed by atoms with van der Waals surface area (Å²) in [4.78, 5) is 22.4. The fraction of sp³-hybridized carbons (Fsp3) is 0.700. The molecule has 0 aromatic carbocycles. The number of carbonyl (C=O) groups excluding carboxylic acids is 1. The molecule has 102 valence electrons. The molecule has 1 aliphatic heterocycles. The second-order valence-corrected chi connectivity index (χ2v) is 6.15. The Labute approximate surface area is 115 Å². The van der Waals surface area contributed by atoms with Crippen molar-refractivity contribution >= 4 is 41.5 Å². The summed E-state index contributed by atoms with van der Waals surface area (Å²) in [5, 5.41) is 14.6. The Hall–Kier alpha value is -0.890. The topological polar surface area (TPSA) is 79.2 Å². The fourth-order valence-electron chi connectivity index (χ4n) is 1.18. The number of hydrogen-bond acceptors (Lipinski definition) is 6. The third kappa shape index (κ3) is 3.81. The second-order valence-electron chi connectivity index (χ2n) is 4.68. The molecule has 1 N–H and O–H groups in total. The summed E-state index contributed by atoms with van der Waals surface area (Å²) < 4.78 is 4.66. The van der Waals surface area contributed by atoms with Crippen LogP contribution in [0.3, 0.4) is 0 Å². The molecule has 1 amide bonds. The Morgan fingerprint density at radius 2 is 2.17 bits per heavy atom. The van der Waals surface area contributed by atoms with Crippen molar-refractivity contribution in [1.29, 1.82) is 0 Å². The lowest BCUT2D eigenvalue weighted by molar-refractivity contribution is -0.136. The zero-order valence-electron chi connectivity index (χ0n) is 10.4. The minimum absolute atomic E-state index is 0.185. The summed E-state index contributed by atoms with van der Waals surface area (Å²) in [7, 11) is 0. The highest BCUT2D eigenvalue weighted by atomic mass is 32.2. The molecule has 0 spiro atoms. The SMILES string of the molecule is CC(C)(C)C1=NN(C(=O)CCS)C(OC(=O)O)S1. The predicted octanol–water partition coefficient (Wildman–Crippen LogP) is 2.22. The maximum absolute atomic E-state index is 11.8. The van der Waals surface area contributed by atoms with E-state index >= 15 is 0 Å². The Kier molecular flexibility index (Phi) is 4.92. The average molecular weight is 292 g/mol. The molecule has 18 heavy (non-hydrogen) atoms. The van der Waals surface area contributed by atoms with E-state index in [-0.39, 0.29) is 17.7 Å². The van der Waals surface area contributed by atoms with Crippen LogP contribution in [-0.2, 0) is 9.53 Å². The lowest BCUT2D eigenvalue weighted by Gasteiger charge is -2.18. The minimum Gasteiger partial charge on any atom is -0.450 e. The highest BCUT2D eigenvalue weighted by Gasteiger charge is 2.38. The van der Waals surface area contributed by atoms with Crippen LogP contribution in [0.25, 0.3) is 0 Å². The first kappa shape index (κ1) is 15.2. The molecular formula is C10H16N2O4S2. The molecule has 1 unspecified atom stereocenters. The number of carboxylic acid groups (broad SMARTS) is 1. The lowest BCUT2D eigenvalue weighted by Crippen LogP contribution is -2.34. The molecular weight excluding hydrogens is 276 g/mol. The van der Waals surface area contributed by atoms with Crippen LogP contribution in [0.5, 0.6) is 0 Å². The van der Waals surface area contributed by atoms with Crippen molar-refractivity contribution in [3.8, 4) is 0 Å². The Bertz CT molecular complexity index is 379. The van der Waals surface area contributed by atoms with Gasteiger partial charge in [-0.3, -0.25) is 4.79 Å². The largest absolute Gasteiger partial charge is 0.508 e. The van der Waals surface area contributed by atoms with Crippen molar-refractivity contribution in [1.82, 2.24) is 5.01 Å². The number of thiol groups is 1. The summed E-state index contributed by atoms with van der Waals surface area (Å²) in [5.74, 6) is 0.0724. The lowest BCUT2D eigenvalue weighted by atomic mass is 9.99. The van der Waals surface area contributed by atoms with Gasteiger partial charge in [0.1, 0.15) is 5.04 Å². The number of hydrogen-bond donors (Lipinski definition) is 2. The van der Waals surface area contributed by atoms with Crippen LogP contribution in [0, 0.1) is 5.41 Å². The summed E-state index contributed by atoms with van der Waals surface area (Å²) in [5.41, 5.74) is -1.20. The molecule has 1 atom stereocenters. The summed E-state index contributed by atoms with van der Waals surface area (Å²) in [6.45, 7) is 5.80. The highest BCUT2D eigenvalue weighted by molar-refractivity contribution is 8.14. The van der Waals surface area contributed by atoms with Crippen molar-refractivity contribution in [3.63, 3.8) is 0 Å². The molecule has 1 rings (SSSR count). The number of nitrogens with zero attached hydrogens (tertiary/aromatic N) is 2. The summed E-state index contributed by atoms with van der Waals surface area (Å²) in [6, 6.07) is 0. The standard InChI is InChI=1S/C10H16N2O4S2/c1-10(2,3)7-11-12(6(13)4-5-17)8(18-7)16-9(14)15/h8,17H,4-5H2,1-3H3,(H,14,15). The van der Waals surface area contributed by atoms with E-state index in [1.165, 1.54) is 0 Å². The third-order valence-corrected chi connectivity index (χ3v) is 3.67. The van der Waals surface area contributed by atoms with Crippen LogP contribution in [-0.4, -0.2) is 38.5 Å². The molecule has 8 heteroatoms. The number of hydrazone groups is 1. The fourth-order valence-corrected chi connectivity index (χ4v) is 2.45. The van der Waals surface area contributed by atoms with Gasteiger partial charge in [-0.25, -0.2) is 4.79 Å². The second kappa shape index (κ2) is 5.83.